The van der Waals surface area contributed by atoms with Gasteiger partial charge in [-0.3, -0.25) is 5.10 Å². The molecule has 0 spiro atoms. The van der Waals surface area contributed by atoms with Gasteiger partial charge in [0.1, 0.15) is 5.82 Å². The molecule has 0 saturated heterocycles. The molecule has 3 nitrogen and oxygen atoms in total. The largest absolute Gasteiger partial charge is 0.330 e. The first-order chi connectivity index (χ1) is 8.31. The van der Waals surface area contributed by atoms with Gasteiger partial charge in [0.25, 0.3) is 0 Å². The van der Waals surface area contributed by atoms with Crippen molar-refractivity contribution in [1.82, 2.24) is 10.2 Å². The molecule has 1 aromatic carbocycles. The van der Waals surface area contributed by atoms with Crippen LogP contribution in [0, 0.1) is 5.82 Å². The topological polar surface area (TPSA) is 54.7 Å². The number of hydrogen-bond acceptors (Lipinski definition) is 2. The molecule has 0 atom stereocenters. The van der Waals surface area contributed by atoms with Crippen molar-refractivity contribution in [3.63, 3.8) is 0 Å². The number of aryl methyl sites for hydroxylation is 1. The van der Waals surface area contributed by atoms with Gasteiger partial charge >= 0.3 is 0 Å². The average Bonchev–Trinajstić information content (AvgIpc) is 2.79. The summed E-state index contributed by atoms with van der Waals surface area (Å²) in [6.45, 7) is 0.712. The van der Waals surface area contributed by atoms with E-state index in [1.807, 2.05) is 6.20 Å². The van der Waals surface area contributed by atoms with Crippen LogP contribution in [-0.2, 0) is 6.42 Å². The average molecular weight is 233 g/mol. The van der Waals surface area contributed by atoms with Crippen LogP contribution in [0.1, 0.15) is 18.4 Å². The molecule has 0 radical (unpaired) electrons. The van der Waals surface area contributed by atoms with Crippen molar-refractivity contribution in [1.29, 1.82) is 0 Å². The number of nitrogens with two attached hydrogens (primary N) is 1. The Kier molecular flexibility index (Phi) is 3.88. The third-order valence-corrected chi connectivity index (χ3v) is 2.75. The summed E-state index contributed by atoms with van der Waals surface area (Å²) in [6, 6.07) is 6.43. The van der Waals surface area contributed by atoms with Gasteiger partial charge in [0.15, 0.2) is 0 Å². The van der Waals surface area contributed by atoms with Crippen LogP contribution in [0.15, 0.2) is 30.5 Å². The maximum Gasteiger partial charge on any atom is 0.123 e. The number of aromatic amines is 1. The van der Waals surface area contributed by atoms with Crippen LogP contribution in [0.4, 0.5) is 4.39 Å². The molecule has 0 aliphatic heterocycles. The highest BCUT2D eigenvalue weighted by Gasteiger charge is 2.07. The first kappa shape index (κ1) is 11.8. The number of unbranched alkanes of at least 4 members (excludes halogenated alkanes) is 1. The van der Waals surface area contributed by atoms with E-state index < -0.39 is 0 Å². The highest BCUT2D eigenvalue weighted by Crippen LogP contribution is 2.22. The van der Waals surface area contributed by atoms with Gasteiger partial charge in [-0.25, -0.2) is 4.39 Å². The van der Waals surface area contributed by atoms with Gasteiger partial charge in [0.2, 0.25) is 0 Å². The van der Waals surface area contributed by atoms with Crippen LogP contribution in [0.5, 0.6) is 0 Å². The normalized spacial score (nSPS) is 10.7. The summed E-state index contributed by atoms with van der Waals surface area (Å²) in [7, 11) is 0. The minimum Gasteiger partial charge on any atom is -0.330 e. The van der Waals surface area contributed by atoms with Crippen LogP contribution in [0.25, 0.3) is 11.3 Å². The minimum atomic E-state index is -0.224. The third-order valence-electron chi connectivity index (χ3n) is 2.75. The number of rotatable bonds is 5. The second kappa shape index (κ2) is 5.59. The molecule has 0 aliphatic carbocycles. The zero-order valence-corrected chi connectivity index (χ0v) is 9.62. The van der Waals surface area contributed by atoms with Gasteiger partial charge in [-0.15, -0.1) is 0 Å². The Morgan fingerprint density at radius 2 is 1.94 bits per heavy atom. The van der Waals surface area contributed by atoms with E-state index in [0.717, 1.165) is 36.1 Å². The second-order valence-corrected chi connectivity index (χ2v) is 4.02. The lowest BCUT2D eigenvalue weighted by Crippen LogP contribution is -1.99. The Morgan fingerprint density at radius 1 is 1.18 bits per heavy atom. The van der Waals surface area contributed by atoms with E-state index in [0.29, 0.717) is 6.54 Å². The number of H-pyrrole nitrogens is 1. The second-order valence-electron chi connectivity index (χ2n) is 4.02. The van der Waals surface area contributed by atoms with E-state index in [1.54, 1.807) is 12.1 Å². The summed E-state index contributed by atoms with van der Waals surface area (Å²) in [5.74, 6) is -0.224. The lowest BCUT2D eigenvalue weighted by molar-refractivity contribution is 0.628. The molecule has 3 N–H and O–H groups in total. The van der Waals surface area contributed by atoms with E-state index in [9.17, 15) is 4.39 Å². The van der Waals surface area contributed by atoms with Crippen molar-refractivity contribution in [2.45, 2.75) is 19.3 Å². The summed E-state index contributed by atoms with van der Waals surface area (Å²) >= 11 is 0. The van der Waals surface area contributed by atoms with Crippen molar-refractivity contribution in [2.75, 3.05) is 6.54 Å². The Bertz CT molecular complexity index is 462. The van der Waals surface area contributed by atoms with Crippen LogP contribution >= 0.6 is 0 Å². The van der Waals surface area contributed by atoms with Gasteiger partial charge in [0, 0.05) is 5.56 Å². The van der Waals surface area contributed by atoms with E-state index in [-0.39, 0.29) is 5.82 Å². The van der Waals surface area contributed by atoms with Crippen LogP contribution < -0.4 is 5.73 Å². The Hall–Kier alpha value is -1.68. The summed E-state index contributed by atoms with van der Waals surface area (Å²) in [4.78, 5) is 0. The Morgan fingerprint density at radius 3 is 2.65 bits per heavy atom. The van der Waals surface area contributed by atoms with Crippen molar-refractivity contribution in [3.8, 4) is 11.3 Å². The van der Waals surface area contributed by atoms with E-state index in [1.165, 1.54) is 12.1 Å². The predicted molar refractivity (Wildman–Crippen MR) is 66.0 cm³/mol. The number of hydrogen-bond donors (Lipinski definition) is 2. The molecule has 0 unspecified atom stereocenters. The number of nitrogens with zero attached hydrogens (tertiary/aromatic N) is 1. The van der Waals surface area contributed by atoms with Crippen molar-refractivity contribution in [2.24, 2.45) is 5.73 Å². The summed E-state index contributed by atoms with van der Waals surface area (Å²) in [5, 5.41) is 7.01. The molecular weight excluding hydrogens is 217 g/mol. The molecule has 2 aromatic rings. The lowest BCUT2D eigenvalue weighted by atomic mass is 10.0. The van der Waals surface area contributed by atoms with Gasteiger partial charge in [-0.05, 0) is 55.6 Å². The molecule has 4 heteroatoms. The predicted octanol–water partition coefficient (Wildman–Crippen LogP) is 2.50. The maximum absolute atomic E-state index is 12.8. The molecule has 1 heterocycles. The van der Waals surface area contributed by atoms with Gasteiger partial charge in [0.05, 0.1) is 11.9 Å². The van der Waals surface area contributed by atoms with Crippen LogP contribution in [-0.4, -0.2) is 16.7 Å². The van der Waals surface area contributed by atoms with Crippen molar-refractivity contribution >= 4 is 0 Å². The van der Waals surface area contributed by atoms with Crippen molar-refractivity contribution in [3.05, 3.63) is 41.8 Å². The number of benzene rings is 1. The molecule has 0 fully saturated rings. The fourth-order valence-electron chi connectivity index (χ4n) is 1.83. The fourth-order valence-corrected chi connectivity index (χ4v) is 1.83. The number of nitrogens with one attached hydrogen (secondary N) is 1. The minimum absolute atomic E-state index is 0.224. The highest BCUT2D eigenvalue weighted by molar-refractivity contribution is 5.62. The zero-order chi connectivity index (χ0) is 12.1. The maximum atomic E-state index is 12.8. The molecule has 0 amide bonds. The third kappa shape index (κ3) is 2.91. The number of aromatic nitrogens is 2. The highest BCUT2D eigenvalue weighted by atomic mass is 19.1. The zero-order valence-electron chi connectivity index (χ0n) is 9.62. The Labute approximate surface area is 99.9 Å². The molecule has 0 aliphatic rings. The van der Waals surface area contributed by atoms with E-state index in [2.05, 4.69) is 10.2 Å². The van der Waals surface area contributed by atoms with Gasteiger partial charge < -0.3 is 5.73 Å². The molecule has 1 aromatic heterocycles. The first-order valence-corrected chi connectivity index (χ1v) is 5.79. The molecule has 0 bridgehead atoms. The van der Waals surface area contributed by atoms with Gasteiger partial charge in [-0.1, -0.05) is 0 Å². The summed E-state index contributed by atoms with van der Waals surface area (Å²) < 4.78 is 12.8. The SMILES string of the molecule is NCCCCc1cn[nH]c1-c1ccc(F)cc1. The molecule has 90 valence electrons. The van der Waals surface area contributed by atoms with Crippen LogP contribution in [0.2, 0.25) is 0 Å². The van der Waals surface area contributed by atoms with Crippen molar-refractivity contribution < 1.29 is 4.39 Å². The van der Waals surface area contributed by atoms with E-state index in [4.69, 9.17) is 5.73 Å². The lowest BCUT2D eigenvalue weighted by Gasteiger charge is -2.03. The molecular formula is C13H16FN3. The Balaban J connectivity index is 2.15. The monoisotopic (exact) mass is 233 g/mol. The van der Waals surface area contributed by atoms with E-state index >= 15 is 0 Å². The summed E-state index contributed by atoms with van der Waals surface area (Å²) in [6.07, 6.45) is 4.83. The van der Waals surface area contributed by atoms with Gasteiger partial charge in [-0.2, -0.15) is 5.10 Å². The smallest absolute Gasteiger partial charge is 0.123 e. The summed E-state index contributed by atoms with van der Waals surface area (Å²) in [5.41, 5.74) is 8.56. The quantitative estimate of drug-likeness (QED) is 0.779. The first-order valence-electron chi connectivity index (χ1n) is 5.79. The number of halogens is 1. The standard InChI is InChI=1S/C13H16FN3/c14-12-6-4-10(5-7-12)13-11(9-16-17-13)3-1-2-8-15/h4-7,9H,1-3,8,15H2,(H,16,17). The fraction of sp³-hybridized carbons (Fsp3) is 0.308. The molecule has 2 rings (SSSR count). The molecule has 0 saturated carbocycles. The van der Waals surface area contributed by atoms with Crippen LogP contribution in [0.3, 0.4) is 0 Å². The molecule has 17 heavy (non-hydrogen) atoms.